The summed E-state index contributed by atoms with van der Waals surface area (Å²) >= 11 is 0. The Morgan fingerprint density at radius 1 is 1.22 bits per heavy atom. The van der Waals surface area contributed by atoms with Crippen LogP contribution in [0.2, 0.25) is 0 Å². The molecule has 6 nitrogen and oxygen atoms in total. The van der Waals surface area contributed by atoms with Crippen molar-refractivity contribution in [3.05, 3.63) is 42.7 Å². The van der Waals surface area contributed by atoms with Crippen molar-refractivity contribution < 1.29 is 14.6 Å². The SMILES string of the molecule is O=CNOB(O)c1ccc(-c2ncccn2)cc1. The second kappa shape index (κ2) is 5.90. The first-order valence-electron chi connectivity index (χ1n) is 5.21. The van der Waals surface area contributed by atoms with E-state index in [-0.39, 0.29) is 0 Å². The number of carbonyl (C=O) groups is 1. The normalized spacial score (nSPS) is 9.83. The maximum atomic E-state index is 10.0. The second-order valence-corrected chi connectivity index (χ2v) is 3.40. The van der Waals surface area contributed by atoms with Crippen LogP contribution in [0.5, 0.6) is 0 Å². The molecule has 90 valence electrons. The van der Waals surface area contributed by atoms with Crippen molar-refractivity contribution in [2.75, 3.05) is 0 Å². The van der Waals surface area contributed by atoms with E-state index in [4.69, 9.17) is 0 Å². The van der Waals surface area contributed by atoms with Gasteiger partial charge >= 0.3 is 7.12 Å². The zero-order chi connectivity index (χ0) is 12.8. The van der Waals surface area contributed by atoms with Crippen molar-refractivity contribution in [2.45, 2.75) is 0 Å². The molecule has 2 N–H and O–H groups in total. The first-order chi connectivity index (χ1) is 8.81. The topological polar surface area (TPSA) is 84.3 Å². The van der Waals surface area contributed by atoms with Crippen LogP contribution in [0.15, 0.2) is 42.7 Å². The molecule has 0 radical (unpaired) electrons. The third-order valence-electron chi connectivity index (χ3n) is 2.25. The van der Waals surface area contributed by atoms with Gasteiger partial charge in [0, 0.05) is 18.0 Å². The number of nitrogens with one attached hydrogen (secondary N) is 1. The van der Waals surface area contributed by atoms with E-state index >= 15 is 0 Å². The Morgan fingerprint density at radius 2 is 1.89 bits per heavy atom. The molecule has 1 aromatic heterocycles. The minimum atomic E-state index is -1.21. The number of hydrogen-bond acceptors (Lipinski definition) is 5. The van der Waals surface area contributed by atoms with Crippen molar-refractivity contribution >= 4 is 19.0 Å². The molecule has 2 aromatic rings. The van der Waals surface area contributed by atoms with E-state index in [2.05, 4.69) is 14.7 Å². The maximum absolute atomic E-state index is 10.0. The van der Waals surface area contributed by atoms with Gasteiger partial charge in [0.25, 0.3) is 0 Å². The summed E-state index contributed by atoms with van der Waals surface area (Å²) in [5, 5.41) is 9.54. The molecule has 0 aliphatic carbocycles. The van der Waals surface area contributed by atoms with Crippen LogP contribution in [-0.2, 0) is 9.55 Å². The molecule has 0 aliphatic heterocycles. The van der Waals surface area contributed by atoms with Crippen LogP contribution in [0.1, 0.15) is 0 Å². The molecule has 0 atom stereocenters. The van der Waals surface area contributed by atoms with Gasteiger partial charge < -0.3 is 5.02 Å². The summed E-state index contributed by atoms with van der Waals surface area (Å²) < 4.78 is 4.63. The molecular weight excluding hydrogens is 233 g/mol. The molecule has 18 heavy (non-hydrogen) atoms. The van der Waals surface area contributed by atoms with Crippen LogP contribution < -0.4 is 10.9 Å². The summed E-state index contributed by atoms with van der Waals surface area (Å²) in [6, 6.07) is 8.60. The minimum absolute atomic E-state index is 0.343. The molecule has 1 amide bonds. The van der Waals surface area contributed by atoms with Crippen molar-refractivity contribution in [3.8, 4) is 11.4 Å². The molecular formula is C11H10BN3O3. The quantitative estimate of drug-likeness (QED) is 0.420. The summed E-state index contributed by atoms with van der Waals surface area (Å²) in [7, 11) is -1.21. The lowest BCUT2D eigenvalue weighted by Gasteiger charge is -2.06. The summed E-state index contributed by atoms with van der Waals surface area (Å²) in [5.74, 6) is 0.602. The van der Waals surface area contributed by atoms with Crippen LogP contribution in [0.3, 0.4) is 0 Å². The minimum Gasteiger partial charge on any atom is -0.422 e. The number of rotatable bonds is 5. The van der Waals surface area contributed by atoms with Crippen LogP contribution in [0, 0.1) is 0 Å². The molecule has 1 aromatic carbocycles. The zero-order valence-corrected chi connectivity index (χ0v) is 9.35. The third-order valence-corrected chi connectivity index (χ3v) is 2.25. The van der Waals surface area contributed by atoms with Crippen molar-refractivity contribution in [1.82, 2.24) is 15.4 Å². The zero-order valence-electron chi connectivity index (χ0n) is 9.35. The molecule has 2 rings (SSSR count). The van der Waals surface area contributed by atoms with Gasteiger partial charge in [0.2, 0.25) is 6.41 Å². The Labute approximate surface area is 104 Å². The number of amides is 1. The molecule has 0 fully saturated rings. The first-order valence-corrected chi connectivity index (χ1v) is 5.21. The Hall–Kier alpha value is -2.25. The second-order valence-electron chi connectivity index (χ2n) is 3.40. The van der Waals surface area contributed by atoms with E-state index < -0.39 is 7.12 Å². The van der Waals surface area contributed by atoms with E-state index in [0.717, 1.165) is 5.56 Å². The van der Waals surface area contributed by atoms with Crippen LogP contribution in [0.25, 0.3) is 11.4 Å². The molecule has 1 heterocycles. The van der Waals surface area contributed by atoms with Gasteiger partial charge in [-0.05, 0) is 11.5 Å². The van der Waals surface area contributed by atoms with Crippen molar-refractivity contribution in [1.29, 1.82) is 0 Å². The number of aromatic nitrogens is 2. The lowest BCUT2D eigenvalue weighted by atomic mass is 9.80. The van der Waals surface area contributed by atoms with Crippen LogP contribution in [0.4, 0.5) is 0 Å². The average molecular weight is 243 g/mol. The Balaban J connectivity index is 2.13. The highest BCUT2D eigenvalue weighted by Gasteiger charge is 2.16. The lowest BCUT2D eigenvalue weighted by Crippen LogP contribution is -2.38. The van der Waals surface area contributed by atoms with Crippen LogP contribution >= 0.6 is 0 Å². The van der Waals surface area contributed by atoms with Crippen LogP contribution in [-0.4, -0.2) is 28.5 Å². The summed E-state index contributed by atoms with van der Waals surface area (Å²) in [6.07, 6.45) is 3.65. The number of benzene rings is 1. The highest BCUT2D eigenvalue weighted by Crippen LogP contribution is 2.11. The van der Waals surface area contributed by atoms with E-state index in [0.29, 0.717) is 17.7 Å². The van der Waals surface area contributed by atoms with E-state index in [9.17, 15) is 9.82 Å². The smallest absolute Gasteiger partial charge is 0.422 e. The Kier molecular flexibility index (Phi) is 4.00. The van der Waals surface area contributed by atoms with E-state index in [1.807, 2.05) is 5.48 Å². The maximum Gasteiger partial charge on any atom is 0.514 e. The predicted octanol–water partition coefficient (Wildman–Crippen LogP) is -0.491. The number of carbonyl (C=O) groups excluding carboxylic acids is 1. The molecule has 0 saturated carbocycles. The lowest BCUT2D eigenvalue weighted by molar-refractivity contribution is -0.115. The fourth-order valence-corrected chi connectivity index (χ4v) is 1.41. The largest absolute Gasteiger partial charge is 0.514 e. The standard InChI is InChI=1S/C11H10BN3O3/c16-8-15-18-12(17)10-4-2-9(3-5-10)11-13-6-1-7-14-11/h1-8,17H,(H,15,16). The van der Waals surface area contributed by atoms with Crippen molar-refractivity contribution in [3.63, 3.8) is 0 Å². The van der Waals surface area contributed by atoms with Gasteiger partial charge in [-0.3, -0.25) is 15.0 Å². The van der Waals surface area contributed by atoms with Gasteiger partial charge in [-0.15, -0.1) is 0 Å². The van der Waals surface area contributed by atoms with Gasteiger partial charge in [-0.2, -0.15) is 0 Å². The number of hydroxylamine groups is 1. The highest BCUT2D eigenvalue weighted by molar-refractivity contribution is 6.59. The van der Waals surface area contributed by atoms with Gasteiger partial charge in [0.15, 0.2) is 5.82 Å². The fraction of sp³-hybridized carbons (Fsp3) is 0. The third kappa shape index (κ3) is 2.90. The molecule has 0 aliphatic rings. The number of hydrogen-bond donors (Lipinski definition) is 2. The molecule has 7 heteroatoms. The fourth-order valence-electron chi connectivity index (χ4n) is 1.41. The van der Waals surface area contributed by atoms with E-state index in [1.54, 1.807) is 42.7 Å². The monoisotopic (exact) mass is 243 g/mol. The molecule has 0 saturated heterocycles. The summed E-state index contributed by atoms with van der Waals surface area (Å²) in [5.41, 5.74) is 3.28. The highest BCUT2D eigenvalue weighted by atomic mass is 16.7. The Bertz CT molecular complexity index is 507. The van der Waals surface area contributed by atoms with Crippen molar-refractivity contribution in [2.24, 2.45) is 0 Å². The predicted molar refractivity (Wildman–Crippen MR) is 65.4 cm³/mol. The first kappa shape index (κ1) is 12.2. The number of nitrogens with zero attached hydrogens (tertiary/aromatic N) is 2. The molecule has 0 bridgehead atoms. The van der Waals surface area contributed by atoms with Gasteiger partial charge in [-0.25, -0.2) is 9.97 Å². The average Bonchev–Trinajstić information content (AvgIpc) is 2.46. The van der Waals surface area contributed by atoms with E-state index in [1.165, 1.54) is 0 Å². The molecule has 0 spiro atoms. The van der Waals surface area contributed by atoms with Gasteiger partial charge in [0.05, 0.1) is 0 Å². The van der Waals surface area contributed by atoms with Gasteiger partial charge in [0.1, 0.15) is 0 Å². The summed E-state index contributed by atoms with van der Waals surface area (Å²) in [4.78, 5) is 18.2. The van der Waals surface area contributed by atoms with Gasteiger partial charge in [-0.1, -0.05) is 24.3 Å². The Morgan fingerprint density at radius 3 is 2.50 bits per heavy atom. The summed E-state index contributed by atoms with van der Waals surface area (Å²) in [6.45, 7) is 0. The molecule has 0 unspecified atom stereocenters.